The second-order valence-corrected chi connectivity index (χ2v) is 4.95. The van der Waals surface area contributed by atoms with Crippen molar-refractivity contribution in [3.05, 3.63) is 35.9 Å². The number of hydrogen-bond donors (Lipinski definition) is 1. The predicted molar refractivity (Wildman–Crippen MR) is 80.0 cm³/mol. The van der Waals surface area contributed by atoms with Gasteiger partial charge in [-0.3, -0.25) is 0 Å². The Balaban J connectivity index is 2.51. The molecular formula is C16H26N2O. The van der Waals surface area contributed by atoms with E-state index in [1.165, 1.54) is 0 Å². The van der Waals surface area contributed by atoms with Crippen molar-refractivity contribution in [1.29, 1.82) is 0 Å². The lowest BCUT2D eigenvalue weighted by atomic mass is 10.2. The largest absolute Gasteiger partial charge is 0.334 e. The zero-order valence-corrected chi connectivity index (χ0v) is 12.4. The van der Waals surface area contributed by atoms with E-state index in [0.717, 1.165) is 31.4 Å². The van der Waals surface area contributed by atoms with Crippen molar-refractivity contribution in [3.63, 3.8) is 0 Å². The standard InChI is InChI=1S/C16H26N2O/c1-4-6-12-18(14(3)5-2)16(19)17-13-15-10-8-7-9-11-15/h7-11,14H,4-6,12-13H2,1-3H3,(H,17,19). The Morgan fingerprint density at radius 2 is 1.95 bits per heavy atom. The van der Waals surface area contributed by atoms with Crippen molar-refractivity contribution in [2.45, 2.75) is 52.6 Å². The number of carbonyl (C=O) groups is 1. The van der Waals surface area contributed by atoms with E-state index in [1.807, 2.05) is 35.2 Å². The van der Waals surface area contributed by atoms with E-state index in [1.54, 1.807) is 0 Å². The normalized spacial score (nSPS) is 11.9. The summed E-state index contributed by atoms with van der Waals surface area (Å²) in [5.41, 5.74) is 1.13. The van der Waals surface area contributed by atoms with Gasteiger partial charge in [-0.1, -0.05) is 50.6 Å². The van der Waals surface area contributed by atoms with Crippen LogP contribution in [-0.4, -0.2) is 23.5 Å². The highest BCUT2D eigenvalue weighted by molar-refractivity contribution is 5.74. The molecule has 0 aromatic heterocycles. The summed E-state index contributed by atoms with van der Waals surface area (Å²) in [5, 5.41) is 3.01. The van der Waals surface area contributed by atoms with Gasteiger partial charge in [-0.05, 0) is 25.3 Å². The molecular weight excluding hydrogens is 236 g/mol. The Bertz CT molecular complexity index is 364. The number of nitrogens with zero attached hydrogens (tertiary/aromatic N) is 1. The van der Waals surface area contributed by atoms with Crippen molar-refractivity contribution in [2.75, 3.05) is 6.54 Å². The van der Waals surface area contributed by atoms with E-state index in [4.69, 9.17) is 0 Å². The van der Waals surface area contributed by atoms with Gasteiger partial charge >= 0.3 is 6.03 Å². The topological polar surface area (TPSA) is 32.3 Å². The summed E-state index contributed by atoms with van der Waals surface area (Å²) in [7, 11) is 0. The zero-order valence-electron chi connectivity index (χ0n) is 12.4. The van der Waals surface area contributed by atoms with Gasteiger partial charge in [0.05, 0.1) is 0 Å². The Kier molecular flexibility index (Phi) is 7.01. The van der Waals surface area contributed by atoms with Crippen LogP contribution in [0.25, 0.3) is 0 Å². The van der Waals surface area contributed by atoms with E-state index >= 15 is 0 Å². The number of nitrogens with one attached hydrogen (secondary N) is 1. The van der Waals surface area contributed by atoms with E-state index < -0.39 is 0 Å². The Hall–Kier alpha value is -1.51. The van der Waals surface area contributed by atoms with Crippen LogP contribution in [0, 0.1) is 0 Å². The first-order valence-corrected chi connectivity index (χ1v) is 7.27. The summed E-state index contributed by atoms with van der Waals surface area (Å²) in [6, 6.07) is 10.4. The Morgan fingerprint density at radius 1 is 1.26 bits per heavy atom. The molecule has 3 heteroatoms. The summed E-state index contributed by atoms with van der Waals surface area (Å²) >= 11 is 0. The molecule has 1 N–H and O–H groups in total. The fourth-order valence-electron chi connectivity index (χ4n) is 1.95. The second-order valence-electron chi connectivity index (χ2n) is 4.95. The summed E-state index contributed by atoms with van der Waals surface area (Å²) < 4.78 is 0. The molecule has 0 fully saturated rings. The maximum Gasteiger partial charge on any atom is 0.317 e. The van der Waals surface area contributed by atoms with Crippen LogP contribution >= 0.6 is 0 Å². The lowest BCUT2D eigenvalue weighted by molar-refractivity contribution is 0.175. The van der Waals surface area contributed by atoms with Crippen LogP contribution in [0.3, 0.4) is 0 Å². The molecule has 0 bridgehead atoms. The van der Waals surface area contributed by atoms with Crippen LogP contribution in [0.15, 0.2) is 30.3 Å². The predicted octanol–water partition coefficient (Wildman–Crippen LogP) is 3.80. The lowest BCUT2D eigenvalue weighted by Crippen LogP contribution is -2.45. The molecule has 0 saturated carbocycles. The third kappa shape index (κ3) is 5.33. The molecule has 0 saturated heterocycles. The van der Waals surface area contributed by atoms with Crippen LogP contribution in [-0.2, 0) is 6.54 Å². The fourth-order valence-corrected chi connectivity index (χ4v) is 1.95. The number of unbranched alkanes of at least 4 members (excludes halogenated alkanes) is 1. The number of urea groups is 1. The smallest absolute Gasteiger partial charge is 0.317 e. The van der Waals surface area contributed by atoms with Gasteiger partial charge in [0.25, 0.3) is 0 Å². The molecule has 106 valence electrons. The highest BCUT2D eigenvalue weighted by Gasteiger charge is 2.17. The highest BCUT2D eigenvalue weighted by Crippen LogP contribution is 2.07. The van der Waals surface area contributed by atoms with Crippen LogP contribution in [0.5, 0.6) is 0 Å². The number of rotatable bonds is 7. The van der Waals surface area contributed by atoms with Crippen LogP contribution < -0.4 is 5.32 Å². The van der Waals surface area contributed by atoms with Gasteiger partial charge in [0.15, 0.2) is 0 Å². The molecule has 1 atom stereocenters. The molecule has 0 aliphatic carbocycles. The summed E-state index contributed by atoms with van der Waals surface area (Å²) in [6.45, 7) is 7.81. The highest BCUT2D eigenvalue weighted by atomic mass is 16.2. The summed E-state index contributed by atoms with van der Waals surface area (Å²) in [6.07, 6.45) is 3.16. The Labute approximate surface area is 117 Å². The molecule has 3 nitrogen and oxygen atoms in total. The molecule has 2 amide bonds. The molecule has 0 heterocycles. The lowest BCUT2D eigenvalue weighted by Gasteiger charge is -2.28. The quantitative estimate of drug-likeness (QED) is 0.796. The first-order chi connectivity index (χ1) is 9.19. The van der Waals surface area contributed by atoms with Crippen LogP contribution in [0.1, 0.15) is 45.6 Å². The molecule has 0 spiro atoms. The molecule has 1 rings (SSSR count). The molecule has 0 aliphatic rings. The minimum absolute atomic E-state index is 0.0478. The van der Waals surface area contributed by atoms with Crippen molar-refractivity contribution in [1.82, 2.24) is 10.2 Å². The number of carbonyl (C=O) groups excluding carboxylic acids is 1. The third-order valence-corrected chi connectivity index (χ3v) is 3.42. The van der Waals surface area contributed by atoms with Gasteiger partial charge in [-0.25, -0.2) is 4.79 Å². The monoisotopic (exact) mass is 262 g/mol. The molecule has 19 heavy (non-hydrogen) atoms. The van der Waals surface area contributed by atoms with Gasteiger partial charge in [-0.2, -0.15) is 0 Å². The first kappa shape index (κ1) is 15.5. The SMILES string of the molecule is CCCCN(C(=O)NCc1ccccc1)C(C)CC. The van der Waals surface area contributed by atoms with Crippen molar-refractivity contribution >= 4 is 6.03 Å². The number of amides is 2. The Morgan fingerprint density at radius 3 is 2.53 bits per heavy atom. The van der Waals surface area contributed by atoms with Crippen molar-refractivity contribution in [3.8, 4) is 0 Å². The third-order valence-electron chi connectivity index (χ3n) is 3.42. The van der Waals surface area contributed by atoms with Gasteiger partial charge in [0, 0.05) is 19.1 Å². The average molecular weight is 262 g/mol. The fraction of sp³-hybridized carbons (Fsp3) is 0.562. The molecule has 0 aliphatic heterocycles. The van der Waals surface area contributed by atoms with E-state index in [2.05, 4.69) is 26.1 Å². The van der Waals surface area contributed by atoms with E-state index in [-0.39, 0.29) is 6.03 Å². The van der Waals surface area contributed by atoms with Crippen LogP contribution in [0.4, 0.5) is 4.79 Å². The zero-order chi connectivity index (χ0) is 14.1. The van der Waals surface area contributed by atoms with Gasteiger partial charge in [-0.15, -0.1) is 0 Å². The van der Waals surface area contributed by atoms with Gasteiger partial charge < -0.3 is 10.2 Å². The van der Waals surface area contributed by atoms with Gasteiger partial charge in [0.2, 0.25) is 0 Å². The summed E-state index contributed by atoms with van der Waals surface area (Å²) in [5.74, 6) is 0. The first-order valence-electron chi connectivity index (χ1n) is 7.27. The molecule has 1 unspecified atom stereocenters. The molecule has 1 aromatic carbocycles. The van der Waals surface area contributed by atoms with Crippen molar-refractivity contribution < 1.29 is 4.79 Å². The minimum Gasteiger partial charge on any atom is -0.334 e. The number of benzene rings is 1. The van der Waals surface area contributed by atoms with Crippen molar-refractivity contribution in [2.24, 2.45) is 0 Å². The van der Waals surface area contributed by atoms with E-state index in [9.17, 15) is 4.79 Å². The molecule has 0 radical (unpaired) electrons. The average Bonchev–Trinajstić information content (AvgIpc) is 2.46. The van der Waals surface area contributed by atoms with Crippen LogP contribution in [0.2, 0.25) is 0 Å². The maximum atomic E-state index is 12.2. The maximum absolute atomic E-state index is 12.2. The summed E-state index contributed by atoms with van der Waals surface area (Å²) in [4.78, 5) is 14.2. The number of hydrogen-bond acceptors (Lipinski definition) is 1. The van der Waals surface area contributed by atoms with E-state index in [0.29, 0.717) is 12.6 Å². The van der Waals surface area contributed by atoms with Gasteiger partial charge in [0.1, 0.15) is 0 Å². The second kappa shape index (κ2) is 8.57. The minimum atomic E-state index is 0.0478. The molecule has 1 aromatic rings.